The number of hydrogen-bond acceptors (Lipinski definition) is 4. The number of carbonyl (C=O) groups excluding carboxylic acids is 1. The average molecular weight is 280 g/mol. The van der Waals surface area contributed by atoms with Crippen LogP contribution in [0.25, 0.3) is 11.0 Å². The Morgan fingerprint density at radius 3 is 2.79 bits per heavy atom. The fourth-order valence-electron chi connectivity index (χ4n) is 2.01. The molecule has 0 saturated heterocycles. The number of hydrogen-bond donors (Lipinski definition) is 0. The highest BCUT2D eigenvalue weighted by Crippen LogP contribution is 2.29. The van der Waals surface area contributed by atoms with Crippen LogP contribution in [-0.2, 0) is 26.8 Å². The van der Waals surface area contributed by atoms with Gasteiger partial charge in [0.2, 0.25) is 0 Å². The Bertz CT molecular complexity index is 642. The molecule has 0 saturated carbocycles. The van der Waals surface area contributed by atoms with Gasteiger partial charge in [0.05, 0.1) is 22.3 Å². The molecule has 0 aliphatic carbocycles. The van der Waals surface area contributed by atoms with E-state index in [0.29, 0.717) is 22.8 Å². The quantitative estimate of drug-likeness (QED) is 0.808. The van der Waals surface area contributed by atoms with Crippen molar-refractivity contribution < 1.29 is 18.2 Å². The molecule has 5 heteroatoms. The van der Waals surface area contributed by atoms with Gasteiger partial charge in [0.25, 0.3) is 0 Å². The second kappa shape index (κ2) is 5.57. The lowest BCUT2D eigenvalue weighted by atomic mass is 10.2. The van der Waals surface area contributed by atoms with Crippen LogP contribution in [0.15, 0.2) is 27.5 Å². The fourth-order valence-corrected chi connectivity index (χ4v) is 2.92. The summed E-state index contributed by atoms with van der Waals surface area (Å²) in [5.74, 6) is 0.0601. The first-order valence-corrected chi connectivity index (χ1v) is 7.59. The van der Waals surface area contributed by atoms with Crippen LogP contribution in [0.4, 0.5) is 0 Å². The van der Waals surface area contributed by atoms with Crippen LogP contribution in [0, 0.1) is 6.92 Å². The summed E-state index contributed by atoms with van der Waals surface area (Å²) < 4.78 is 22.4. The van der Waals surface area contributed by atoms with Crippen LogP contribution < -0.4 is 0 Å². The van der Waals surface area contributed by atoms with Crippen molar-refractivity contribution in [1.82, 2.24) is 0 Å². The van der Waals surface area contributed by atoms with Crippen LogP contribution in [0.3, 0.4) is 0 Å². The molecule has 19 heavy (non-hydrogen) atoms. The molecule has 0 aliphatic heterocycles. The number of ether oxygens (including phenoxy) is 1. The molecule has 2 rings (SSSR count). The molecule has 1 aromatic carbocycles. The van der Waals surface area contributed by atoms with E-state index < -0.39 is 10.8 Å². The highest BCUT2D eigenvalue weighted by molar-refractivity contribution is 7.84. The molecular formula is C14H16O4S. The molecule has 0 N–H and O–H groups in total. The van der Waals surface area contributed by atoms with Crippen molar-refractivity contribution in [2.75, 3.05) is 12.9 Å². The zero-order valence-corrected chi connectivity index (χ0v) is 12.0. The molecule has 0 fully saturated rings. The Morgan fingerprint density at radius 1 is 1.42 bits per heavy atom. The minimum atomic E-state index is -1.21. The molecule has 1 atom stereocenters. The zero-order chi connectivity index (χ0) is 14.0. The van der Waals surface area contributed by atoms with Gasteiger partial charge >= 0.3 is 5.97 Å². The molecule has 1 heterocycles. The van der Waals surface area contributed by atoms with Gasteiger partial charge in [-0.25, -0.2) is 0 Å². The van der Waals surface area contributed by atoms with Crippen molar-refractivity contribution in [2.45, 2.75) is 25.2 Å². The summed E-state index contributed by atoms with van der Waals surface area (Å²) in [4.78, 5) is 12.1. The molecule has 1 unspecified atom stereocenters. The van der Waals surface area contributed by atoms with Crippen LogP contribution in [-0.4, -0.2) is 23.0 Å². The van der Waals surface area contributed by atoms with Gasteiger partial charge in [-0.3, -0.25) is 9.00 Å². The first-order chi connectivity index (χ1) is 9.02. The predicted octanol–water partition coefficient (Wildman–Crippen LogP) is 2.58. The average Bonchev–Trinajstić information content (AvgIpc) is 2.66. The number of esters is 1. The van der Waals surface area contributed by atoms with E-state index in [-0.39, 0.29) is 12.4 Å². The van der Waals surface area contributed by atoms with E-state index in [1.54, 1.807) is 13.2 Å². The minimum Gasteiger partial charge on any atom is -0.466 e. The van der Waals surface area contributed by atoms with E-state index in [4.69, 9.17) is 9.15 Å². The van der Waals surface area contributed by atoms with E-state index in [9.17, 15) is 9.00 Å². The summed E-state index contributed by atoms with van der Waals surface area (Å²) in [5.41, 5.74) is 1.71. The molecule has 0 aliphatic rings. The maximum absolute atomic E-state index is 11.9. The Kier molecular flexibility index (Phi) is 4.04. The first kappa shape index (κ1) is 13.8. The van der Waals surface area contributed by atoms with Crippen molar-refractivity contribution in [3.63, 3.8) is 0 Å². The number of fused-ring (bicyclic) bond motifs is 1. The summed E-state index contributed by atoms with van der Waals surface area (Å²) >= 11 is 0. The third-order valence-electron chi connectivity index (χ3n) is 2.76. The summed E-state index contributed by atoms with van der Waals surface area (Å²) in [6.07, 6.45) is 1.60. The Labute approximate surface area is 114 Å². The number of rotatable bonds is 4. The summed E-state index contributed by atoms with van der Waals surface area (Å²) in [6, 6.07) is 5.67. The van der Waals surface area contributed by atoms with E-state index in [0.717, 1.165) is 10.9 Å². The van der Waals surface area contributed by atoms with Crippen LogP contribution in [0.2, 0.25) is 0 Å². The van der Waals surface area contributed by atoms with Gasteiger partial charge in [-0.2, -0.15) is 0 Å². The van der Waals surface area contributed by atoms with E-state index in [2.05, 4.69) is 0 Å². The number of benzene rings is 1. The molecule has 102 valence electrons. The SMILES string of the molecule is CCOC(=O)Cc1oc2ccc(C)cc2c1S(C)=O. The largest absolute Gasteiger partial charge is 0.466 e. The maximum atomic E-state index is 11.9. The van der Waals surface area contributed by atoms with Crippen LogP contribution >= 0.6 is 0 Å². The van der Waals surface area contributed by atoms with Gasteiger partial charge in [-0.1, -0.05) is 11.6 Å². The number of furan rings is 1. The predicted molar refractivity (Wildman–Crippen MR) is 73.6 cm³/mol. The van der Waals surface area contributed by atoms with Gasteiger partial charge in [0.1, 0.15) is 17.8 Å². The molecule has 0 radical (unpaired) electrons. The lowest BCUT2D eigenvalue weighted by Gasteiger charge is -2.01. The lowest BCUT2D eigenvalue weighted by Crippen LogP contribution is -2.08. The molecule has 1 aromatic heterocycles. The topological polar surface area (TPSA) is 56.5 Å². The van der Waals surface area contributed by atoms with Crippen molar-refractivity contribution >= 4 is 27.7 Å². The van der Waals surface area contributed by atoms with E-state index >= 15 is 0 Å². The van der Waals surface area contributed by atoms with Gasteiger partial charge in [0, 0.05) is 11.6 Å². The third kappa shape index (κ3) is 2.87. The van der Waals surface area contributed by atoms with Crippen molar-refractivity contribution in [3.8, 4) is 0 Å². The standard InChI is InChI=1S/C14H16O4S/c1-4-17-13(15)8-12-14(19(3)16)10-7-9(2)5-6-11(10)18-12/h5-7H,4,8H2,1-3H3. The smallest absolute Gasteiger partial charge is 0.313 e. The third-order valence-corrected chi connectivity index (χ3v) is 3.79. The van der Waals surface area contributed by atoms with Gasteiger partial charge in [0.15, 0.2) is 0 Å². The summed E-state index contributed by atoms with van der Waals surface area (Å²) in [5, 5.41) is 0.806. The van der Waals surface area contributed by atoms with Gasteiger partial charge < -0.3 is 9.15 Å². The Balaban J connectivity index is 2.51. The molecule has 4 nitrogen and oxygen atoms in total. The van der Waals surface area contributed by atoms with Crippen molar-refractivity contribution in [1.29, 1.82) is 0 Å². The summed E-state index contributed by atoms with van der Waals surface area (Å²) in [7, 11) is -1.21. The zero-order valence-electron chi connectivity index (χ0n) is 11.2. The van der Waals surface area contributed by atoms with Gasteiger partial charge in [-0.05, 0) is 26.0 Å². The minimum absolute atomic E-state index is 0.0104. The molecule has 2 aromatic rings. The Hall–Kier alpha value is -1.62. The summed E-state index contributed by atoms with van der Waals surface area (Å²) in [6.45, 7) is 4.03. The van der Waals surface area contributed by atoms with Crippen LogP contribution in [0.1, 0.15) is 18.2 Å². The fraction of sp³-hybridized carbons (Fsp3) is 0.357. The van der Waals surface area contributed by atoms with Gasteiger partial charge in [-0.15, -0.1) is 0 Å². The highest BCUT2D eigenvalue weighted by atomic mass is 32.2. The molecule has 0 amide bonds. The number of carbonyl (C=O) groups is 1. The normalized spacial score (nSPS) is 12.6. The van der Waals surface area contributed by atoms with E-state index in [1.807, 2.05) is 25.1 Å². The second-order valence-electron chi connectivity index (χ2n) is 4.29. The second-order valence-corrected chi connectivity index (χ2v) is 5.61. The maximum Gasteiger partial charge on any atom is 0.313 e. The highest BCUT2D eigenvalue weighted by Gasteiger charge is 2.20. The van der Waals surface area contributed by atoms with Crippen LogP contribution in [0.5, 0.6) is 0 Å². The molecule has 0 bridgehead atoms. The Morgan fingerprint density at radius 2 is 2.16 bits per heavy atom. The van der Waals surface area contributed by atoms with E-state index in [1.165, 1.54) is 0 Å². The molecular weight excluding hydrogens is 264 g/mol. The van der Waals surface area contributed by atoms with Crippen molar-refractivity contribution in [2.24, 2.45) is 0 Å². The first-order valence-electron chi connectivity index (χ1n) is 6.04. The lowest BCUT2D eigenvalue weighted by molar-refractivity contribution is -0.142. The van der Waals surface area contributed by atoms with Crippen molar-refractivity contribution in [3.05, 3.63) is 29.5 Å². The monoisotopic (exact) mass is 280 g/mol. The molecule has 0 spiro atoms. The number of aryl methyl sites for hydroxylation is 1.